The third-order valence-electron chi connectivity index (χ3n) is 7.39. The zero-order valence-electron chi connectivity index (χ0n) is 16.2. The minimum atomic E-state index is -1.85. The van der Waals surface area contributed by atoms with Gasteiger partial charge in [-0.2, -0.15) is 0 Å². The van der Waals surface area contributed by atoms with Gasteiger partial charge in [0.25, 0.3) is 0 Å². The van der Waals surface area contributed by atoms with Crippen LogP contribution in [0, 0.1) is 11.3 Å². The van der Waals surface area contributed by atoms with E-state index >= 15 is 0 Å². The Kier molecular flexibility index (Phi) is 3.75. The molecule has 148 valence electrons. The number of rotatable bonds is 2. The van der Waals surface area contributed by atoms with E-state index in [-0.39, 0.29) is 29.6 Å². The highest BCUT2D eigenvalue weighted by Crippen LogP contribution is 2.70. The van der Waals surface area contributed by atoms with Gasteiger partial charge in [0.15, 0.2) is 0 Å². The molecule has 7 nitrogen and oxygen atoms in total. The van der Waals surface area contributed by atoms with Gasteiger partial charge >= 0.3 is 11.9 Å². The highest BCUT2D eigenvalue weighted by Gasteiger charge is 2.81. The summed E-state index contributed by atoms with van der Waals surface area (Å²) in [7, 11) is 0. The number of hydrogen-bond donors (Lipinski definition) is 2. The number of carbonyl (C=O) groups excluding carboxylic acids is 2. The lowest BCUT2D eigenvalue weighted by Gasteiger charge is -2.55. The second kappa shape index (κ2) is 5.43. The summed E-state index contributed by atoms with van der Waals surface area (Å²) in [6.07, 6.45) is 0.302. The molecule has 7 heteroatoms. The Balaban J connectivity index is 1.88. The molecule has 2 saturated carbocycles. The van der Waals surface area contributed by atoms with E-state index in [0.717, 1.165) is 0 Å². The Morgan fingerprint density at radius 3 is 2.70 bits per heavy atom. The van der Waals surface area contributed by atoms with Crippen LogP contribution in [0.5, 0.6) is 0 Å². The first-order valence-corrected chi connectivity index (χ1v) is 9.38. The standard InChI is InChI=1S/C20H26O7/c1-6-9(2)16(22)25-15-14-10(3)17(23)27-20(14,24)8-19-13(26-19)7-12(21)11(4)18(15,19)5/h6,11-13,15,21,24H,7-8H2,1-5H3. The van der Waals surface area contributed by atoms with E-state index in [1.165, 1.54) is 0 Å². The van der Waals surface area contributed by atoms with Crippen LogP contribution in [0.2, 0.25) is 0 Å². The van der Waals surface area contributed by atoms with E-state index in [2.05, 4.69) is 0 Å². The molecule has 7 unspecified atom stereocenters. The van der Waals surface area contributed by atoms with Gasteiger partial charge in [-0.15, -0.1) is 0 Å². The lowest BCUT2D eigenvalue weighted by atomic mass is 9.51. The maximum Gasteiger partial charge on any atom is 0.336 e. The highest BCUT2D eigenvalue weighted by molar-refractivity contribution is 5.93. The molecule has 0 aromatic carbocycles. The van der Waals surface area contributed by atoms with Crippen LogP contribution in [0.4, 0.5) is 0 Å². The second-order valence-electron chi connectivity index (χ2n) is 8.52. The molecule has 2 N–H and O–H groups in total. The van der Waals surface area contributed by atoms with Gasteiger partial charge in [-0.05, 0) is 26.7 Å². The van der Waals surface area contributed by atoms with E-state index in [1.807, 2.05) is 13.8 Å². The minimum absolute atomic E-state index is 0.0767. The van der Waals surface area contributed by atoms with Gasteiger partial charge in [-0.1, -0.05) is 19.9 Å². The van der Waals surface area contributed by atoms with E-state index in [1.54, 1.807) is 26.8 Å². The highest BCUT2D eigenvalue weighted by atomic mass is 16.7. The van der Waals surface area contributed by atoms with Gasteiger partial charge in [0, 0.05) is 29.4 Å². The van der Waals surface area contributed by atoms with Crippen molar-refractivity contribution in [2.75, 3.05) is 0 Å². The number of hydrogen-bond acceptors (Lipinski definition) is 7. The zero-order valence-corrected chi connectivity index (χ0v) is 16.2. The third kappa shape index (κ3) is 2.13. The SMILES string of the molecule is CC=C(C)C(=O)OC1C2=C(C)C(=O)OC2(O)CC23OC2CC(O)C(C)C13C. The van der Waals surface area contributed by atoms with Crippen LogP contribution in [0.15, 0.2) is 22.8 Å². The smallest absolute Gasteiger partial charge is 0.336 e. The Morgan fingerprint density at radius 2 is 2.07 bits per heavy atom. The van der Waals surface area contributed by atoms with Crippen molar-refractivity contribution in [3.63, 3.8) is 0 Å². The number of ether oxygens (including phenoxy) is 3. The maximum absolute atomic E-state index is 12.6. The summed E-state index contributed by atoms with van der Waals surface area (Å²) in [6.45, 7) is 8.74. The van der Waals surface area contributed by atoms with Crippen molar-refractivity contribution < 1.29 is 34.0 Å². The van der Waals surface area contributed by atoms with Crippen molar-refractivity contribution in [2.45, 2.75) is 77.2 Å². The largest absolute Gasteiger partial charge is 0.453 e. The molecular weight excluding hydrogens is 352 g/mol. The molecule has 7 atom stereocenters. The van der Waals surface area contributed by atoms with Gasteiger partial charge < -0.3 is 24.4 Å². The van der Waals surface area contributed by atoms with Crippen LogP contribution in [-0.4, -0.2) is 51.9 Å². The first kappa shape index (κ1) is 18.7. The first-order valence-electron chi connectivity index (χ1n) is 9.38. The summed E-state index contributed by atoms with van der Waals surface area (Å²) in [5, 5.41) is 21.8. The molecule has 2 aliphatic heterocycles. The van der Waals surface area contributed by atoms with Gasteiger partial charge in [-0.3, -0.25) is 0 Å². The molecule has 27 heavy (non-hydrogen) atoms. The van der Waals surface area contributed by atoms with Crippen LogP contribution < -0.4 is 0 Å². The number of aliphatic hydroxyl groups is 2. The van der Waals surface area contributed by atoms with Crippen molar-refractivity contribution in [3.05, 3.63) is 22.8 Å². The molecule has 2 aliphatic carbocycles. The summed E-state index contributed by atoms with van der Waals surface area (Å²) >= 11 is 0. The van der Waals surface area contributed by atoms with Crippen molar-refractivity contribution >= 4 is 11.9 Å². The molecule has 2 heterocycles. The van der Waals surface area contributed by atoms with Crippen molar-refractivity contribution in [2.24, 2.45) is 11.3 Å². The van der Waals surface area contributed by atoms with Crippen molar-refractivity contribution in [1.82, 2.24) is 0 Å². The van der Waals surface area contributed by atoms with E-state index in [0.29, 0.717) is 12.0 Å². The molecule has 0 bridgehead atoms. The molecule has 4 aliphatic rings. The quantitative estimate of drug-likeness (QED) is 0.425. The topological polar surface area (TPSA) is 106 Å². The predicted octanol–water partition coefficient (Wildman–Crippen LogP) is 1.37. The number of carbonyl (C=O) groups is 2. The van der Waals surface area contributed by atoms with Crippen molar-refractivity contribution in [1.29, 1.82) is 0 Å². The molecule has 0 radical (unpaired) electrons. The van der Waals surface area contributed by atoms with E-state index < -0.39 is 40.9 Å². The lowest BCUT2D eigenvalue weighted by molar-refractivity contribution is -0.230. The molecule has 1 saturated heterocycles. The third-order valence-corrected chi connectivity index (χ3v) is 7.39. The Bertz CT molecular complexity index is 798. The Hall–Kier alpha value is -1.70. The zero-order chi connectivity index (χ0) is 19.9. The van der Waals surface area contributed by atoms with Gasteiger partial charge in [0.1, 0.15) is 11.7 Å². The summed E-state index contributed by atoms with van der Waals surface area (Å²) in [4.78, 5) is 24.9. The minimum Gasteiger partial charge on any atom is -0.453 e. The second-order valence-corrected chi connectivity index (χ2v) is 8.52. The van der Waals surface area contributed by atoms with Gasteiger partial charge in [0.05, 0.1) is 17.8 Å². The van der Waals surface area contributed by atoms with E-state index in [9.17, 15) is 19.8 Å². The average Bonchev–Trinajstić information content (AvgIpc) is 3.23. The molecule has 0 amide bonds. The van der Waals surface area contributed by atoms with Crippen LogP contribution in [0.1, 0.15) is 47.5 Å². The number of fused-ring (bicyclic) bond motifs is 1. The Morgan fingerprint density at radius 1 is 1.41 bits per heavy atom. The van der Waals surface area contributed by atoms with Gasteiger partial charge in [-0.25, -0.2) is 9.59 Å². The fraction of sp³-hybridized carbons (Fsp3) is 0.700. The molecule has 1 spiro atoms. The Labute approximate surface area is 158 Å². The fourth-order valence-electron chi connectivity index (χ4n) is 5.32. The number of esters is 2. The predicted molar refractivity (Wildman–Crippen MR) is 93.2 cm³/mol. The van der Waals surface area contributed by atoms with Gasteiger partial charge in [0.2, 0.25) is 5.79 Å². The van der Waals surface area contributed by atoms with Crippen LogP contribution in [0.3, 0.4) is 0 Å². The molecular formula is C20H26O7. The number of aliphatic hydroxyl groups excluding tert-OH is 1. The normalized spacial score (nSPS) is 48.4. The number of epoxide rings is 1. The molecule has 0 aromatic heterocycles. The average molecular weight is 378 g/mol. The fourth-order valence-corrected chi connectivity index (χ4v) is 5.32. The summed E-state index contributed by atoms with van der Waals surface area (Å²) in [5.74, 6) is -3.29. The summed E-state index contributed by atoms with van der Waals surface area (Å²) in [5.41, 5.74) is -0.691. The molecule has 0 aromatic rings. The van der Waals surface area contributed by atoms with Crippen molar-refractivity contribution in [3.8, 4) is 0 Å². The molecule has 3 fully saturated rings. The van der Waals surface area contributed by atoms with Crippen LogP contribution in [-0.2, 0) is 23.8 Å². The number of allylic oxidation sites excluding steroid dienone is 1. The molecule has 4 rings (SSSR count). The van der Waals surface area contributed by atoms with Crippen LogP contribution in [0.25, 0.3) is 0 Å². The monoisotopic (exact) mass is 378 g/mol. The lowest BCUT2D eigenvalue weighted by Crippen LogP contribution is -2.66. The maximum atomic E-state index is 12.6. The summed E-state index contributed by atoms with van der Waals surface area (Å²) in [6, 6.07) is 0. The van der Waals surface area contributed by atoms with Crippen LogP contribution >= 0.6 is 0 Å². The summed E-state index contributed by atoms with van der Waals surface area (Å²) < 4.78 is 17.2. The first-order chi connectivity index (χ1) is 12.5. The van der Waals surface area contributed by atoms with E-state index in [4.69, 9.17) is 14.2 Å².